The van der Waals surface area contributed by atoms with Gasteiger partial charge in [-0.2, -0.15) is 0 Å². The second-order valence-corrected chi connectivity index (χ2v) is 4.78. The maximum Gasteiger partial charge on any atom is 0.193 e. The van der Waals surface area contributed by atoms with E-state index in [2.05, 4.69) is 6.07 Å². The number of anilines is 1. The molecule has 2 aromatic rings. The van der Waals surface area contributed by atoms with Gasteiger partial charge in [0, 0.05) is 16.8 Å². The number of hydrogen-bond donors (Lipinski definition) is 1. The third-order valence-corrected chi connectivity index (χ3v) is 3.02. The summed E-state index contributed by atoms with van der Waals surface area (Å²) < 4.78 is 0. The minimum absolute atomic E-state index is 0.0462. The van der Waals surface area contributed by atoms with Gasteiger partial charge in [-0.25, -0.2) is 0 Å². The summed E-state index contributed by atoms with van der Waals surface area (Å²) in [6, 6.07) is 11.3. The zero-order valence-electron chi connectivity index (χ0n) is 10.9. The van der Waals surface area contributed by atoms with Gasteiger partial charge in [0.2, 0.25) is 0 Å². The van der Waals surface area contributed by atoms with Crippen molar-refractivity contribution >= 4 is 11.5 Å². The topological polar surface area (TPSA) is 43.1 Å². The molecule has 0 saturated heterocycles. The number of nitrogens with two attached hydrogens (primary N) is 1. The summed E-state index contributed by atoms with van der Waals surface area (Å²) >= 11 is 0. The molecule has 0 aliphatic carbocycles. The molecular weight excluding hydrogens is 222 g/mol. The predicted octanol–water partition coefficient (Wildman–Crippen LogP) is 3.43. The van der Waals surface area contributed by atoms with Crippen LogP contribution in [0.2, 0.25) is 0 Å². The second-order valence-electron chi connectivity index (χ2n) is 4.78. The van der Waals surface area contributed by atoms with Crippen molar-refractivity contribution in [3.8, 4) is 0 Å². The van der Waals surface area contributed by atoms with Crippen molar-refractivity contribution in [1.29, 1.82) is 0 Å². The minimum Gasteiger partial charge on any atom is -0.399 e. The van der Waals surface area contributed by atoms with Crippen LogP contribution in [0, 0.1) is 20.8 Å². The number of hydrogen-bond acceptors (Lipinski definition) is 2. The van der Waals surface area contributed by atoms with E-state index in [1.165, 1.54) is 0 Å². The molecule has 0 bridgehead atoms. The average molecular weight is 239 g/mol. The van der Waals surface area contributed by atoms with Gasteiger partial charge in [0.25, 0.3) is 0 Å². The summed E-state index contributed by atoms with van der Waals surface area (Å²) in [5.74, 6) is 0.0462. The molecule has 2 aromatic carbocycles. The lowest BCUT2D eigenvalue weighted by atomic mass is 9.98. The maximum absolute atomic E-state index is 12.4. The van der Waals surface area contributed by atoms with Crippen LogP contribution in [0.4, 0.5) is 5.69 Å². The minimum atomic E-state index is 0.0462. The van der Waals surface area contributed by atoms with Gasteiger partial charge in [0.05, 0.1) is 0 Å². The van der Waals surface area contributed by atoms with Gasteiger partial charge in [0.1, 0.15) is 0 Å². The monoisotopic (exact) mass is 239 g/mol. The van der Waals surface area contributed by atoms with Crippen LogP contribution < -0.4 is 5.73 Å². The Morgan fingerprint density at radius 1 is 0.889 bits per heavy atom. The fourth-order valence-electron chi connectivity index (χ4n) is 2.09. The molecule has 92 valence electrons. The van der Waals surface area contributed by atoms with Gasteiger partial charge >= 0.3 is 0 Å². The smallest absolute Gasteiger partial charge is 0.193 e. The summed E-state index contributed by atoms with van der Waals surface area (Å²) in [6.45, 7) is 5.91. The first-order chi connectivity index (χ1) is 8.47. The molecule has 2 rings (SSSR count). The van der Waals surface area contributed by atoms with E-state index in [-0.39, 0.29) is 5.78 Å². The Morgan fingerprint density at radius 2 is 1.50 bits per heavy atom. The number of benzene rings is 2. The molecule has 18 heavy (non-hydrogen) atoms. The molecular formula is C16H17NO. The third kappa shape index (κ3) is 2.43. The molecule has 0 unspecified atom stereocenters. The second kappa shape index (κ2) is 4.65. The summed E-state index contributed by atoms with van der Waals surface area (Å²) in [4.78, 5) is 12.4. The van der Waals surface area contributed by atoms with E-state index in [4.69, 9.17) is 5.73 Å². The molecule has 0 aromatic heterocycles. The van der Waals surface area contributed by atoms with E-state index in [0.717, 1.165) is 22.3 Å². The molecule has 0 saturated carbocycles. The first-order valence-corrected chi connectivity index (χ1v) is 5.96. The van der Waals surface area contributed by atoms with Crippen molar-refractivity contribution in [3.63, 3.8) is 0 Å². The number of ketones is 1. The van der Waals surface area contributed by atoms with Crippen LogP contribution in [0.5, 0.6) is 0 Å². The first kappa shape index (κ1) is 12.4. The molecule has 0 heterocycles. The van der Waals surface area contributed by atoms with Crippen molar-refractivity contribution in [2.24, 2.45) is 0 Å². The first-order valence-electron chi connectivity index (χ1n) is 5.96. The van der Waals surface area contributed by atoms with Crippen molar-refractivity contribution in [1.82, 2.24) is 0 Å². The third-order valence-electron chi connectivity index (χ3n) is 3.02. The zero-order valence-corrected chi connectivity index (χ0v) is 10.9. The molecule has 0 fully saturated rings. The molecule has 0 amide bonds. The highest BCUT2D eigenvalue weighted by Crippen LogP contribution is 2.18. The molecule has 0 atom stereocenters. The van der Waals surface area contributed by atoms with Gasteiger partial charge in [-0.15, -0.1) is 0 Å². The fraction of sp³-hybridized carbons (Fsp3) is 0.188. The Labute approximate surface area is 107 Å². The van der Waals surface area contributed by atoms with Crippen molar-refractivity contribution in [2.45, 2.75) is 20.8 Å². The number of nitrogen functional groups attached to an aromatic ring is 1. The zero-order chi connectivity index (χ0) is 13.3. The molecule has 2 heteroatoms. The Morgan fingerprint density at radius 3 is 2.06 bits per heavy atom. The summed E-state index contributed by atoms with van der Waals surface area (Å²) in [6.07, 6.45) is 0. The molecule has 0 aliphatic rings. The van der Waals surface area contributed by atoms with Crippen molar-refractivity contribution < 1.29 is 4.79 Å². The van der Waals surface area contributed by atoms with Gasteiger partial charge < -0.3 is 5.73 Å². The lowest BCUT2D eigenvalue weighted by molar-refractivity contribution is 0.103. The van der Waals surface area contributed by atoms with E-state index in [1.807, 2.05) is 39.0 Å². The Hall–Kier alpha value is -2.09. The summed E-state index contributed by atoms with van der Waals surface area (Å²) in [7, 11) is 0. The molecule has 2 nitrogen and oxygen atoms in total. The number of aryl methyl sites for hydroxylation is 3. The van der Waals surface area contributed by atoms with E-state index in [1.54, 1.807) is 12.1 Å². The quantitative estimate of drug-likeness (QED) is 0.644. The molecule has 0 spiro atoms. The fourth-order valence-corrected chi connectivity index (χ4v) is 2.09. The van der Waals surface area contributed by atoms with Crippen LogP contribution in [-0.2, 0) is 0 Å². The van der Waals surface area contributed by atoms with Crippen LogP contribution >= 0.6 is 0 Å². The highest BCUT2D eigenvalue weighted by molar-refractivity contribution is 6.09. The van der Waals surface area contributed by atoms with Gasteiger partial charge in [-0.3, -0.25) is 4.79 Å². The van der Waals surface area contributed by atoms with Gasteiger partial charge in [0.15, 0.2) is 5.78 Å². The highest BCUT2D eigenvalue weighted by atomic mass is 16.1. The maximum atomic E-state index is 12.4. The van der Waals surface area contributed by atoms with Gasteiger partial charge in [-0.05, 0) is 56.7 Å². The van der Waals surface area contributed by atoms with Crippen LogP contribution in [0.3, 0.4) is 0 Å². The van der Waals surface area contributed by atoms with Crippen LogP contribution in [0.1, 0.15) is 32.6 Å². The highest BCUT2D eigenvalue weighted by Gasteiger charge is 2.10. The standard InChI is InChI=1S/C16H17NO/c1-10-6-11(2)8-14(7-10)16(18)13-4-5-15(17)12(3)9-13/h4-9H,17H2,1-3H3. The largest absolute Gasteiger partial charge is 0.399 e. The van der Waals surface area contributed by atoms with Crippen LogP contribution in [0.25, 0.3) is 0 Å². The predicted molar refractivity (Wildman–Crippen MR) is 74.9 cm³/mol. The molecule has 0 aliphatic heterocycles. The van der Waals surface area contributed by atoms with Crippen LogP contribution in [0.15, 0.2) is 36.4 Å². The SMILES string of the molecule is Cc1cc(C)cc(C(=O)c2ccc(N)c(C)c2)c1. The molecule has 2 N–H and O–H groups in total. The Kier molecular flexibility index (Phi) is 3.19. The number of rotatable bonds is 2. The van der Waals surface area contributed by atoms with E-state index >= 15 is 0 Å². The lowest BCUT2D eigenvalue weighted by Crippen LogP contribution is -2.03. The van der Waals surface area contributed by atoms with E-state index < -0.39 is 0 Å². The normalized spacial score (nSPS) is 10.4. The number of carbonyl (C=O) groups excluding carboxylic acids is 1. The Bertz CT molecular complexity index is 594. The van der Waals surface area contributed by atoms with Gasteiger partial charge in [-0.1, -0.05) is 17.2 Å². The number of carbonyl (C=O) groups is 1. The average Bonchev–Trinajstić information content (AvgIpc) is 2.30. The van der Waals surface area contributed by atoms with Crippen molar-refractivity contribution in [3.05, 3.63) is 64.2 Å². The van der Waals surface area contributed by atoms with Crippen molar-refractivity contribution in [2.75, 3.05) is 5.73 Å². The summed E-state index contributed by atoms with van der Waals surface area (Å²) in [5, 5.41) is 0. The summed E-state index contributed by atoms with van der Waals surface area (Å²) in [5.41, 5.74) is 11.0. The Balaban J connectivity index is 2.44. The molecule has 0 radical (unpaired) electrons. The lowest BCUT2D eigenvalue weighted by Gasteiger charge is -2.06. The van der Waals surface area contributed by atoms with E-state index in [0.29, 0.717) is 11.3 Å². The van der Waals surface area contributed by atoms with E-state index in [9.17, 15) is 4.79 Å². The van der Waals surface area contributed by atoms with Crippen LogP contribution in [-0.4, -0.2) is 5.78 Å².